The van der Waals surface area contributed by atoms with Crippen molar-refractivity contribution in [1.82, 2.24) is 20.4 Å². The van der Waals surface area contributed by atoms with Crippen molar-refractivity contribution in [1.29, 1.82) is 0 Å². The van der Waals surface area contributed by atoms with E-state index in [1.165, 1.54) is 6.42 Å². The van der Waals surface area contributed by atoms with Crippen molar-refractivity contribution < 1.29 is 19.1 Å². The minimum atomic E-state index is -0.427. The Bertz CT molecular complexity index is 534. The van der Waals surface area contributed by atoms with E-state index < -0.39 is 12.1 Å². The van der Waals surface area contributed by atoms with Gasteiger partial charge in [0.05, 0.1) is 12.6 Å². The third-order valence-electron chi connectivity index (χ3n) is 5.43. The van der Waals surface area contributed by atoms with Gasteiger partial charge in [-0.3, -0.25) is 15.0 Å². The largest absolute Gasteiger partial charge is 0.449 e. The third-order valence-corrected chi connectivity index (χ3v) is 5.43. The van der Waals surface area contributed by atoms with Crippen LogP contribution in [-0.2, 0) is 9.53 Å². The van der Waals surface area contributed by atoms with Gasteiger partial charge in [-0.25, -0.2) is 9.59 Å². The van der Waals surface area contributed by atoms with E-state index in [4.69, 9.17) is 4.74 Å². The summed E-state index contributed by atoms with van der Waals surface area (Å²) in [5.74, 6) is 0.0000415. The molecule has 2 rings (SSSR count). The van der Waals surface area contributed by atoms with Gasteiger partial charge in [-0.15, -0.1) is 0 Å². The number of nitrogens with one attached hydrogen (secondary N) is 2. The number of hydrogen-bond acceptors (Lipinski definition) is 5. The van der Waals surface area contributed by atoms with Crippen molar-refractivity contribution in [2.45, 2.75) is 71.4 Å². The number of urea groups is 1. The molecule has 1 atom stereocenters. The molecule has 8 heteroatoms. The van der Waals surface area contributed by atoms with Crippen molar-refractivity contribution in [3.63, 3.8) is 0 Å². The maximum atomic E-state index is 12.5. The van der Waals surface area contributed by atoms with E-state index in [-0.39, 0.29) is 18.0 Å². The van der Waals surface area contributed by atoms with Gasteiger partial charge in [0.25, 0.3) is 0 Å². The predicted octanol–water partition coefficient (Wildman–Crippen LogP) is 2.33. The molecule has 2 N–H and O–H groups in total. The van der Waals surface area contributed by atoms with Crippen LogP contribution in [0.15, 0.2) is 0 Å². The molecule has 0 aromatic carbocycles. The van der Waals surface area contributed by atoms with Gasteiger partial charge in [0.2, 0.25) is 5.91 Å². The van der Waals surface area contributed by atoms with Gasteiger partial charge in [0.1, 0.15) is 0 Å². The van der Waals surface area contributed by atoms with E-state index >= 15 is 0 Å². The Morgan fingerprint density at radius 1 is 0.964 bits per heavy atom. The molecule has 28 heavy (non-hydrogen) atoms. The molecule has 1 unspecified atom stereocenters. The quantitative estimate of drug-likeness (QED) is 0.744. The molecule has 2 fully saturated rings. The lowest BCUT2D eigenvalue weighted by molar-refractivity contribution is -0.124. The number of amides is 4. The Balaban J connectivity index is 1.76. The summed E-state index contributed by atoms with van der Waals surface area (Å²) < 4.78 is 5.30. The zero-order valence-corrected chi connectivity index (χ0v) is 17.5. The second kappa shape index (κ2) is 11.2. The van der Waals surface area contributed by atoms with Crippen LogP contribution in [0.5, 0.6) is 0 Å². The van der Waals surface area contributed by atoms with Crippen LogP contribution >= 0.6 is 0 Å². The Labute approximate surface area is 168 Å². The van der Waals surface area contributed by atoms with Gasteiger partial charge in [-0.2, -0.15) is 0 Å². The third kappa shape index (κ3) is 7.30. The molecule has 2 aliphatic rings. The number of carbonyl (C=O) groups is 3. The first-order valence-corrected chi connectivity index (χ1v) is 10.6. The van der Waals surface area contributed by atoms with Gasteiger partial charge in [0.15, 0.2) is 0 Å². The molecule has 1 saturated heterocycles. The second-order valence-electron chi connectivity index (χ2n) is 8.32. The van der Waals surface area contributed by atoms with E-state index in [9.17, 15) is 14.4 Å². The van der Waals surface area contributed by atoms with E-state index in [1.807, 2.05) is 18.7 Å². The second-order valence-corrected chi connectivity index (χ2v) is 8.32. The molecule has 0 aromatic rings. The number of hydrogen-bond donors (Lipinski definition) is 2. The van der Waals surface area contributed by atoms with Crippen LogP contribution in [-0.4, -0.2) is 72.7 Å². The van der Waals surface area contributed by atoms with Crippen molar-refractivity contribution in [2.24, 2.45) is 5.92 Å². The van der Waals surface area contributed by atoms with Crippen molar-refractivity contribution >= 4 is 18.0 Å². The smallest absolute Gasteiger partial charge is 0.409 e. The summed E-state index contributed by atoms with van der Waals surface area (Å²) in [6.07, 6.45) is 5.89. The Morgan fingerprint density at radius 2 is 1.68 bits per heavy atom. The van der Waals surface area contributed by atoms with Gasteiger partial charge < -0.3 is 15.0 Å². The predicted molar refractivity (Wildman–Crippen MR) is 107 cm³/mol. The first-order chi connectivity index (χ1) is 13.4. The highest BCUT2D eigenvalue weighted by molar-refractivity contribution is 5.96. The average Bonchev–Trinajstić information content (AvgIpc) is 2.92. The standard InChI is InChI=1S/C20H36N4O4/c1-15(2)14-28-20(27)24-11-7-10-23(12-13-24)16(3)18(25)22-19(26)21-17-8-5-4-6-9-17/h15-17H,4-14H2,1-3H3,(H2,21,22,25,26). The number of ether oxygens (including phenoxy) is 1. The minimum Gasteiger partial charge on any atom is -0.449 e. The highest BCUT2D eigenvalue weighted by atomic mass is 16.6. The van der Waals surface area contributed by atoms with Gasteiger partial charge >= 0.3 is 12.1 Å². The summed E-state index contributed by atoms with van der Waals surface area (Å²) in [4.78, 5) is 40.5. The van der Waals surface area contributed by atoms with Gasteiger partial charge in [-0.05, 0) is 32.1 Å². The lowest BCUT2D eigenvalue weighted by Gasteiger charge is -2.27. The molecule has 0 aromatic heterocycles. The summed E-state index contributed by atoms with van der Waals surface area (Å²) in [6, 6.07) is -0.665. The number of nitrogens with zero attached hydrogens (tertiary/aromatic N) is 2. The van der Waals surface area contributed by atoms with E-state index in [2.05, 4.69) is 10.6 Å². The lowest BCUT2D eigenvalue weighted by Crippen LogP contribution is -2.52. The Hall–Kier alpha value is -1.83. The first-order valence-electron chi connectivity index (χ1n) is 10.6. The maximum Gasteiger partial charge on any atom is 0.409 e. The molecule has 1 saturated carbocycles. The first kappa shape index (κ1) is 22.5. The molecule has 4 amide bonds. The summed E-state index contributed by atoms with van der Waals surface area (Å²) in [5, 5.41) is 5.38. The normalized spacial score (nSPS) is 20.4. The fourth-order valence-electron chi connectivity index (χ4n) is 3.69. The number of carbonyl (C=O) groups excluding carboxylic acids is 3. The molecule has 1 heterocycles. The van der Waals surface area contributed by atoms with Crippen molar-refractivity contribution in [2.75, 3.05) is 32.8 Å². The van der Waals surface area contributed by atoms with Crippen LogP contribution in [0.25, 0.3) is 0 Å². The van der Waals surface area contributed by atoms with Crippen LogP contribution in [0.4, 0.5) is 9.59 Å². The van der Waals surface area contributed by atoms with Crippen molar-refractivity contribution in [3.05, 3.63) is 0 Å². The van der Waals surface area contributed by atoms with Crippen LogP contribution in [0.3, 0.4) is 0 Å². The molecule has 1 aliphatic heterocycles. The van der Waals surface area contributed by atoms with Crippen LogP contribution in [0.1, 0.15) is 59.3 Å². The average molecular weight is 397 g/mol. The van der Waals surface area contributed by atoms with Gasteiger partial charge in [0, 0.05) is 32.2 Å². The zero-order valence-electron chi connectivity index (χ0n) is 17.5. The van der Waals surface area contributed by atoms with Crippen LogP contribution in [0.2, 0.25) is 0 Å². The summed E-state index contributed by atoms with van der Waals surface area (Å²) in [6.45, 7) is 8.63. The molecule has 160 valence electrons. The van der Waals surface area contributed by atoms with E-state index in [1.54, 1.807) is 11.8 Å². The lowest BCUT2D eigenvalue weighted by atomic mass is 9.96. The fourth-order valence-corrected chi connectivity index (χ4v) is 3.69. The van der Waals surface area contributed by atoms with E-state index in [0.29, 0.717) is 38.7 Å². The van der Waals surface area contributed by atoms with Crippen LogP contribution in [0, 0.1) is 5.92 Å². The summed E-state index contributed by atoms with van der Waals surface area (Å²) >= 11 is 0. The zero-order chi connectivity index (χ0) is 20.5. The molecule has 0 radical (unpaired) electrons. The molecule has 0 spiro atoms. The monoisotopic (exact) mass is 396 g/mol. The Morgan fingerprint density at radius 3 is 2.36 bits per heavy atom. The molecular weight excluding hydrogens is 360 g/mol. The molecule has 0 bridgehead atoms. The Kier molecular flexibility index (Phi) is 9.02. The molecule has 8 nitrogen and oxygen atoms in total. The molecular formula is C20H36N4O4. The highest BCUT2D eigenvalue weighted by Gasteiger charge is 2.27. The fraction of sp³-hybridized carbons (Fsp3) is 0.850. The minimum absolute atomic E-state index is 0.167. The number of rotatable bonds is 5. The molecule has 1 aliphatic carbocycles. The summed E-state index contributed by atoms with van der Waals surface area (Å²) in [7, 11) is 0. The maximum absolute atomic E-state index is 12.5. The van der Waals surface area contributed by atoms with E-state index in [0.717, 1.165) is 32.1 Å². The highest BCUT2D eigenvalue weighted by Crippen LogP contribution is 2.17. The van der Waals surface area contributed by atoms with Gasteiger partial charge in [-0.1, -0.05) is 33.1 Å². The SMILES string of the molecule is CC(C)COC(=O)N1CCCN(C(C)C(=O)NC(=O)NC2CCCCC2)CC1. The topological polar surface area (TPSA) is 91.0 Å². The van der Waals surface area contributed by atoms with Crippen molar-refractivity contribution in [3.8, 4) is 0 Å². The van der Waals surface area contributed by atoms with Crippen LogP contribution < -0.4 is 10.6 Å². The summed E-state index contributed by atoms with van der Waals surface area (Å²) in [5.41, 5.74) is 0. The number of imide groups is 1.